The van der Waals surface area contributed by atoms with Gasteiger partial charge in [0.25, 0.3) is 0 Å². The Morgan fingerprint density at radius 3 is 2.67 bits per heavy atom. The van der Waals surface area contributed by atoms with Gasteiger partial charge in [-0.05, 0) is 26.0 Å². The largest absolute Gasteiger partial charge is 0.366 e. The Kier molecular flexibility index (Phi) is 3.05. The Morgan fingerprint density at radius 2 is 2.17 bits per heavy atom. The number of anilines is 1. The summed E-state index contributed by atoms with van der Waals surface area (Å²) in [6, 6.07) is 6.15. The lowest BCUT2D eigenvalue weighted by Gasteiger charge is -2.17. The van der Waals surface area contributed by atoms with E-state index in [2.05, 4.69) is 10.3 Å². The van der Waals surface area contributed by atoms with Crippen LogP contribution in [-0.2, 0) is 0 Å². The van der Waals surface area contributed by atoms with E-state index in [9.17, 15) is 0 Å². The molecule has 3 nitrogen and oxygen atoms in total. The van der Waals surface area contributed by atoms with Crippen molar-refractivity contribution in [3.63, 3.8) is 0 Å². The molecule has 0 fully saturated rings. The summed E-state index contributed by atoms with van der Waals surface area (Å²) in [5.41, 5.74) is 5.69. The van der Waals surface area contributed by atoms with Gasteiger partial charge >= 0.3 is 0 Å². The summed E-state index contributed by atoms with van der Waals surface area (Å²) in [4.78, 5) is 4.13. The maximum atomic E-state index is 5.69. The second-order valence-corrected chi connectivity index (χ2v) is 3.01. The minimum Gasteiger partial charge on any atom is -0.366 e. The van der Waals surface area contributed by atoms with Crippen LogP contribution in [0.15, 0.2) is 24.4 Å². The minimum atomic E-state index is 0.131. The molecule has 0 aliphatic rings. The number of pyridine rings is 1. The molecule has 0 saturated carbocycles. The lowest BCUT2D eigenvalue weighted by atomic mass is 10.2. The van der Waals surface area contributed by atoms with Gasteiger partial charge in [0, 0.05) is 18.3 Å². The molecule has 0 aromatic carbocycles. The maximum absolute atomic E-state index is 5.69. The van der Waals surface area contributed by atoms with Gasteiger partial charge in [-0.3, -0.25) is 0 Å². The highest BCUT2D eigenvalue weighted by Gasteiger charge is 2.06. The first kappa shape index (κ1) is 9.00. The van der Waals surface area contributed by atoms with Gasteiger partial charge in [0.15, 0.2) is 0 Å². The summed E-state index contributed by atoms with van der Waals surface area (Å²) >= 11 is 0. The number of rotatable bonds is 3. The van der Waals surface area contributed by atoms with E-state index in [0.29, 0.717) is 0 Å². The number of aromatic nitrogens is 1. The molecule has 1 aromatic heterocycles. The van der Waals surface area contributed by atoms with Crippen LogP contribution in [0.4, 0.5) is 5.82 Å². The van der Waals surface area contributed by atoms with Crippen molar-refractivity contribution in [1.82, 2.24) is 4.98 Å². The van der Waals surface area contributed by atoms with Crippen LogP contribution in [0.3, 0.4) is 0 Å². The molecule has 3 N–H and O–H groups in total. The minimum absolute atomic E-state index is 0.131. The third-order valence-electron chi connectivity index (χ3n) is 1.83. The third-order valence-corrected chi connectivity index (χ3v) is 1.83. The van der Waals surface area contributed by atoms with Crippen molar-refractivity contribution >= 4 is 5.82 Å². The van der Waals surface area contributed by atoms with Crippen LogP contribution in [0, 0.1) is 0 Å². The van der Waals surface area contributed by atoms with Gasteiger partial charge in [0.2, 0.25) is 0 Å². The van der Waals surface area contributed by atoms with Crippen LogP contribution in [0.25, 0.3) is 0 Å². The zero-order valence-electron chi connectivity index (χ0n) is 7.49. The molecule has 66 valence electrons. The van der Waals surface area contributed by atoms with E-state index in [-0.39, 0.29) is 12.1 Å². The summed E-state index contributed by atoms with van der Waals surface area (Å²) in [6.45, 7) is 4.01. The van der Waals surface area contributed by atoms with Crippen LogP contribution >= 0.6 is 0 Å². The predicted molar refractivity (Wildman–Crippen MR) is 51.0 cm³/mol. The smallest absolute Gasteiger partial charge is 0.126 e. The number of nitrogens with two attached hydrogens (primary N) is 1. The van der Waals surface area contributed by atoms with E-state index in [0.717, 1.165) is 5.82 Å². The van der Waals surface area contributed by atoms with Gasteiger partial charge in [-0.15, -0.1) is 0 Å². The van der Waals surface area contributed by atoms with Gasteiger partial charge in [-0.2, -0.15) is 0 Å². The Balaban J connectivity index is 2.53. The fraction of sp³-hybridized carbons (Fsp3) is 0.444. The van der Waals surface area contributed by atoms with Gasteiger partial charge in [0.1, 0.15) is 5.82 Å². The fourth-order valence-electron chi connectivity index (χ4n) is 0.813. The molecule has 0 aliphatic carbocycles. The SMILES string of the molecule is CC(N)C(C)Nc1ccccn1. The van der Waals surface area contributed by atoms with Crippen molar-refractivity contribution in [3.8, 4) is 0 Å². The van der Waals surface area contributed by atoms with Gasteiger partial charge in [-0.1, -0.05) is 6.07 Å². The standard InChI is InChI=1S/C9H15N3/c1-7(10)8(2)12-9-5-3-4-6-11-9/h3-8H,10H2,1-2H3,(H,11,12). The molecule has 0 aliphatic heterocycles. The topological polar surface area (TPSA) is 50.9 Å². The van der Waals surface area contributed by atoms with E-state index in [1.54, 1.807) is 6.20 Å². The second-order valence-electron chi connectivity index (χ2n) is 3.01. The average Bonchev–Trinajstić information content (AvgIpc) is 2.06. The van der Waals surface area contributed by atoms with Crippen LogP contribution in [0.2, 0.25) is 0 Å². The second kappa shape index (κ2) is 4.07. The molecule has 1 aromatic rings. The maximum Gasteiger partial charge on any atom is 0.126 e. The first-order chi connectivity index (χ1) is 5.70. The Morgan fingerprint density at radius 1 is 1.42 bits per heavy atom. The first-order valence-corrected chi connectivity index (χ1v) is 4.13. The van der Waals surface area contributed by atoms with Crippen molar-refractivity contribution < 1.29 is 0 Å². The van der Waals surface area contributed by atoms with E-state index >= 15 is 0 Å². The Hall–Kier alpha value is -1.09. The predicted octanol–water partition coefficient (Wildman–Crippen LogP) is 1.23. The molecule has 0 spiro atoms. The lowest BCUT2D eigenvalue weighted by Crippen LogP contribution is -2.35. The molecule has 0 amide bonds. The molecular weight excluding hydrogens is 150 g/mol. The summed E-state index contributed by atoms with van der Waals surface area (Å²) < 4.78 is 0. The van der Waals surface area contributed by atoms with Crippen LogP contribution < -0.4 is 11.1 Å². The lowest BCUT2D eigenvalue weighted by molar-refractivity contribution is 0.636. The van der Waals surface area contributed by atoms with Gasteiger partial charge in [0.05, 0.1) is 0 Å². The molecule has 1 rings (SSSR count). The molecule has 0 radical (unpaired) electrons. The van der Waals surface area contributed by atoms with E-state index in [1.165, 1.54) is 0 Å². The molecular formula is C9H15N3. The molecule has 12 heavy (non-hydrogen) atoms. The Bertz CT molecular complexity index is 220. The number of nitrogens with zero attached hydrogens (tertiary/aromatic N) is 1. The van der Waals surface area contributed by atoms with E-state index in [4.69, 9.17) is 5.73 Å². The summed E-state index contributed by atoms with van der Waals surface area (Å²) in [5, 5.41) is 3.21. The number of hydrogen-bond donors (Lipinski definition) is 2. The zero-order valence-corrected chi connectivity index (χ0v) is 7.49. The summed E-state index contributed by atoms with van der Waals surface area (Å²) in [7, 11) is 0. The fourth-order valence-corrected chi connectivity index (χ4v) is 0.813. The van der Waals surface area contributed by atoms with Crippen LogP contribution in [0.1, 0.15) is 13.8 Å². The third kappa shape index (κ3) is 2.51. The highest BCUT2D eigenvalue weighted by molar-refractivity contribution is 5.34. The quantitative estimate of drug-likeness (QED) is 0.708. The van der Waals surface area contributed by atoms with Crippen LogP contribution in [-0.4, -0.2) is 17.1 Å². The molecule has 3 heteroatoms. The van der Waals surface area contributed by atoms with Crippen molar-refractivity contribution in [2.45, 2.75) is 25.9 Å². The van der Waals surface area contributed by atoms with Gasteiger partial charge < -0.3 is 11.1 Å². The van der Waals surface area contributed by atoms with E-state index < -0.39 is 0 Å². The normalized spacial score (nSPS) is 15.2. The Labute approximate surface area is 73.0 Å². The van der Waals surface area contributed by atoms with Crippen molar-refractivity contribution in [2.75, 3.05) is 5.32 Å². The first-order valence-electron chi connectivity index (χ1n) is 4.13. The monoisotopic (exact) mass is 165 g/mol. The zero-order chi connectivity index (χ0) is 8.97. The van der Waals surface area contributed by atoms with E-state index in [1.807, 2.05) is 32.0 Å². The summed E-state index contributed by atoms with van der Waals surface area (Å²) in [5.74, 6) is 0.877. The summed E-state index contributed by atoms with van der Waals surface area (Å²) in [6.07, 6.45) is 1.76. The molecule has 2 unspecified atom stereocenters. The molecule has 2 atom stereocenters. The van der Waals surface area contributed by atoms with Crippen molar-refractivity contribution in [1.29, 1.82) is 0 Å². The van der Waals surface area contributed by atoms with Crippen LogP contribution in [0.5, 0.6) is 0 Å². The molecule has 0 saturated heterocycles. The van der Waals surface area contributed by atoms with Crippen molar-refractivity contribution in [3.05, 3.63) is 24.4 Å². The average molecular weight is 165 g/mol. The highest BCUT2D eigenvalue weighted by Crippen LogP contribution is 2.03. The number of hydrogen-bond acceptors (Lipinski definition) is 3. The molecule has 0 bridgehead atoms. The molecule has 1 heterocycles. The number of nitrogens with one attached hydrogen (secondary N) is 1. The van der Waals surface area contributed by atoms with Gasteiger partial charge in [-0.25, -0.2) is 4.98 Å². The van der Waals surface area contributed by atoms with Crippen molar-refractivity contribution in [2.24, 2.45) is 5.73 Å². The highest BCUT2D eigenvalue weighted by atomic mass is 15.0.